The van der Waals surface area contributed by atoms with Crippen molar-refractivity contribution < 1.29 is 42.7 Å². The van der Waals surface area contributed by atoms with Crippen molar-refractivity contribution in [3.05, 3.63) is 71.3 Å². The van der Waals surface area contributed by atoms with Gasteiger partial charge in [-0.15, -0.1) is 0 Å². The second-order valence-electron chi connectivity index (χ2n) is 15.5. The summed E-state index contributed by atoms with van der Waals surface area (Å²) in [6.07, 6.45) is 7.14. The van der Waals surface area contributed by atoms with E-state index in [1.807, 2.05) is 44.2 Å². The van der Waals surface area contributed by atoms with E-state index in [1.165, 1.54) is 12.1 Å². The number of carbonyl (C=O) groups is 1. The van der Waals surface area contributed by atoms with E-state index in [1.54, 1.807) is 27.0 Å². The van der Waals surface area contributed by atoms with E-state index in [-0.39, 0.29) is 40.2 Å². The predicted molar refractivity (Wildman–Crippen MR) is 193 cm³/mol. The van der Waals surface area contributed by atoms with Crippen molar-refractivity contribution >= 4 is 20.4 Å². The molecule has 0 unspecified atom stereocenters. The number of aromatic hydroxyl groups is 1. The lowest BCUT2D eigenvalue weighted by molar-refractivity contribution is -0.156. The highest BCUT2D eigenvalue weighted by molar-refractivity contribution is 6.74. The molecule has 4 rings (SSSR count). The van der Waals surface area contributed by atoms with Crippen LogP contribution in [0.15, 0.2) is 54.6 Å². The van der Waals surface area contributed by atoms with Gasteiger partial charge in [0, 0.05) is 26.0 Å². The molecule has 0 saturated carbocycles. The molecular weight excluding hydrogens is 641 g/mol. The molecule has 1 fully saturated rings. The summed E-state index contributed by atoms with van der Waals surface area (Å²) in [6.45, 7) is 23.0. The van der Waals surface area contributed by atoms with E-state index in [2.05, 4.69) is 59.9 Å². The average Bonchev–Trinajstić information content (AvgIpc) is 3.28. The summed E-state index contributed by atoms with van der Waals surface area (Å²) < 4.78 is 42.8. The Kier molecular flexibility index (Phi) is 11.8. The summed E-state index contributed by atoms with van der Waals surface area (Å²) in [4.78, 5) is 12.9. The summed E-state index contributed by atoms with van der Waals surface area (Å²) in [6, 6.07) is 10.7. The minimum atomic E-state index is -1.96. The minimum Gasteiger partial charge on any atom is -0.508 e. The quantitative estimate of drug-likeness (QED) is 0.125. The average molecular weight is 697 g/mol. The minimum absolute atomic E-state index is 0.0126. The van der Waals surface area contributed by atoms with E-state index < -0.39 is 38.1 Å². The number of benzene rings is 2. The maximum Gasteiger partial charge on any atom is 0.345 e. The van der Waals surface area contributed by atoms with Crippen molar-refractivity contribution in [3.63, 3.8) is 0 Å². The zero-order chi connectivity index (χ0) is 36.4. The molecular formula is C39H56O9Si. The number of carbonyl (C=O) groups excluding carboxylic acids is 1. The Hall–Kier alpha value is -3.15. The van der Waals surface area contributed by atoms with Crippen LogP contribution in [-0.4, -0.2) is 62.5 Å². The number of fused-ring (bicyclic) bond motifs is 1. The number of ether oxygens (including phenoxy) is 6. The van der Waals surface area contributed by atoms with Crippen molar-refractivity contribution in [1.29, 1.82) is 0 Å². The largest absolute Gasteiger partial charge is 0.508 e. The number of hydrogen-bond donors (Lipinski definition) is 1. The van der Waals surface area contributed by atoms with E-state index in [4.69, 9.17) is 32.8 Å². The van der Waals surface area contributed by atoms with Crippen LogP contribution in [0.1, 0.15) is 90.2 Å². The van der Waals surface area contributed by atoms with Gasteiger partial charge in [0.25, 0.3) is 0 Å². The van der Waals surface area contributed by atoms with Crippen molar-refractivity contribution in [2.24, 2.45) is 5.92 Å². The molecule has 2 aromatic rings. The lowest BCUT2D eigenvalue weighted by atomic mass is 9.99. The van der Waals surface area contributed by atoms with Gasteiger partial charge in [-0.3, -0.25) is 0 Å². The van der Waals surface area contributed by atoms with Crippen molar-refractivity contribution in [2.45, 2.75) is 129 Å². The first-order valence-corrected chi connectivity index (χ1v) is 20.0. The molecule has 1 N–H and O–H groups in total. The lowest BCUT2D eigenvalue weighted by Gasteiger charge is -2.39. The molecule has 0 aromatic heterocycles. The molecule has 1 saturated heterocycles. The lowest BCUT2D eigenvalue weighted by Crippen LogP contribution is -2.44. The van der Waals surface area contributed by atoms with Crippen LogP contribution in [0, 0.1) is 5.92 Å². The summed E-state index contributed by atoms with van der Waals surface area (Å²) in [5.74, 6) is -1.33. The maximum absolute atomic E-state index is 12.9. The molecule has 0 amide bonds. The molecule has 0 radical (unpaired) electrons. The number of hydrogen-bond acceptors (Lipinski definition) is 9. The molecule has 2 aliphatic rings. The van der Waals surface area contributed by atoms with Crippen LogP contribution in [0.5, 0.6) is 17.2 Å². The van der Waals surface area contributed by atoms with Gasteiger partial charge in [0.1, 0.15) is 35.0 Å². The van der Waals surface area contributed by atoms with Crippen LogP contribution >= 0.6 is 0 Å². The third-order valence-corrected chi connectivity index (χ3v) is 14.0. The second kappa shape index (κ2) is 15.0. The van der Waals surface area contributed by atoms with Crippen LogP contribution in [0.25, 0.3) is 6.08 Å². The molecule has 2 aliphatic heterocycles. The first kappa shape index (κ1) is 38.6. The van der Waals surface area contributed by atoms with Gasteiger partial charge in [0.05, 0.1) is 19.8 Å². The Morgan fingerprint density at radius 2 is 1.65 bits per heavy atom. The normalized spacial score (nSPS) is 22.4. The van der Waals surface area contributed by atoms with Gasteiger partial charge in [-0.25, -0.2) is 4.79 Å². The fraction of sp³-hybridized carbons (Fsp3) is 0.564. The Balaban J connectivity index is 1.58. The first-order chi connectivity index (χ1) is 22.7. The predicted octanol–water partition coefficient (Wildman–Crippen LogP) is 8.80. The number of methoxy groups -OCH3 is 1. The smallest absolute Gasteiger partial charge is 0.345 e. The summed E-state index contributed by atoms with van der Waals surface area (Å²) in [7, 11) is -0.312. The molecule has 270 valence electrons. The number of phenolic OH excluding ortho intramolecular Hbond substituents is 1. The van der Waals surface area contributed by atoms with E-state index in [9.17, 15) is 9.90 Å². The Labute approximate surface area is 293 Å². The van der Waals surface area contributed by atoms with E-state index in [0.29, 0.717) is 18.6 Å². The maximum atomic E-state index is 12.9. The molecule has 49 heavy (non-hydrogen) atoms. The standard InChI is InChI=1S/C39H56O9Si/c1-25(26(2)48-49(11,12)37(3,4)5)16-21-31(43-24-27-17-19-30(42-10)20-18-27)35-32(44-38(6,7)46-35)15-13-14-28-22-29(40)23-33-34(28)36(41)47-39(8,9)45-33/h13-14,16-23,25-26,31-32,35,40H,15,24H2,1-12H3/t25-,26+,31-,32+,35-/m1/s1. The molecule has 5 atom stereocenters. The third-order valence-electron chi connectivity index (χ3n) is 9.46. The highest BCUT2D eigenvalue weighted by Crippen LogP contribution is 2.40. The topological polar surface area (TPSA) is 102 Å². The molecule has 0 bridgehead atoms. The van der Waals surface area contributed by atoms with Gasteiger partial charge in [0.15, 0.2) is 14.1 Å². The zero-order valence-electron chi connectivity index (χ0n) is 31.3. The van der Waals surface area contributed by atoms with Gasteiger partial charge in [-0.1, -0.05) is 64.1 Å². The second-order valence-corrected chi connectivity index (χ2v) is 20.3. The number of esters is 1. The molecule has 9 nitrogen and oxygen atoms in total. The molecule has 0 aliphatic carbocycles. The van der Waals surface area contributed by atoms with Crippen molar-refractivity contribution in [2.75, 3.05) is 7.11 Å². The Bertz CT molecular complexity index is 1500. The monoisotopic (exact) mass is 696 g/mol. The van der Waals surface area contributed by atoms with E-state index in [0.717, 1.165) is 11.3 Å². The number of rotatable bonds is 13. The van der Waals surface area contributed by atoms with Gasteiger partial charge in [-0.2, -0.15) is 0 Å². The van der Waals surface area contributed by atoms with Crippen molar-refractivity contribution in [1.82, 2.24) is 0 Å². The highest BCUT2D eigenvalue weighted by Gasteiger charge is 2.45. The van der Waals surface area contributed by atoms with Gasteiger partial charge in [0.2, 0.25) is 5.79 Å². The Morgan fingerprint density at radius 1 is 0.980 bits per heavy atom. The Morgan fingerprint density at radius 3 is 2.29 bits per heavy atom. The first-order valence-electron chi connectivity index (χ1n) is 17.1. The fourth-order valence-electron chi connectivity index (χ4n) is 5.63. The summed E-state index contributed by atoms with van der Waals surface area (Å²) in [5.41, 5.74) is 1.75. The van der Waals surface area contributed by atoms with Crippen LogP contribution in [0.2, 0.25) is 18.1 Å². The molecule has 2 heterocycles. The van der Waals surface area contributed by atoms with Crippen LogP contribution < -0.4 is 9.47 Å². The molecule has 0 spiro atoms. The number of cyclic esters (lactones) is 1. The van der Waals surface area contributed by atoms with Crippen LogP contribution in [-0.2, 0) is 30.0 Å². The van der Waals surface area contributed by atoms with Crippen LogP contribution in [0.4, 0.5) is 0 Å². The SMILES string of the molecule is COc1ccc(CO[C@H](C=C[C@@H](C)[C@H](C)O[Si](C)(C)C(C)(C)C)[C@H]2OC(C)(C)O[C@H]2CC=Cc2cc(O)cc3c2C(=O)OC(C)(C)O3)cc1. The fourth-order valence-corrected chi connectivity index (χ4v) is 7.13. The van der Waals surface area contributed by atoms with Crippen molar-refractivity contribution in [3.8, 4) is 17.2 Å². The third kappa shape index (κ3) is 9.98. The van der Waals surface area contributed by atoms with Gasteiger partial charge < -0.3 is 38.0 Å². The number of phenols is 1. The molecule has 10 heteroatoms. The van der Waals surface area contributed by atoms with Crippen LogP contribution in [0.3, 0.4) is 0 Å². The summed E-state index contributed by atoms with van der Waals surface area (Å²) in [5, 5.41) is 10.5. The molecule has 2 aromatic carbocycles. The summed E-state index contributed by atoms with van der Waals surface area (Å²) >= 11 is 0. The van der Waals surface area contributed by atoms with Gasteiger partial charge in [-0.05, 0) is 80.6 Å². The van der Waals surface area contributed by atoms with Gasteiger partial charge >= 0.3 is 5.97 Å². The zero-order valence-corrected chi connectivity index (χ0v) is 32.3. The highest BCUT2D eigenvalue weighted by atomic mass is 28.4. The van der Waals surface area contributed by atoms with E-state index >= 15 is 0 Å².